The minimum Gasteiger partial charge on any atom is -0.481 e. The molecule has 0 bridgehead atoms. The van der Waals surface area contributed by atoms with E-state index in [9.17, 15) is 9.59 Å². The summed E-state index contributed by atoms with van der Waals surface area (Å²) >= 11 is 0. The molecule has 0 aromatic rings. The number of rotatable bonds is 4. The zero-order chi connectivity index (χ0) is 13.3. The number of aliphatic carboxylic acids is 1. The Hall–Kier alpha value is -1.06. The second-order valence-corrected chi connectivity index (χ2v) is 6.48. The quantitative estimate of drug-likeness (QED) is 0.805. The summed E-state index contributed by atoms with van der Waals surface area (Å²) in [7, 11) is 0. The summed E-state index contributed by atoms with van der Waals surface area (Å²) in [6.45, 7) is 4.72. The first-order chi connectivity index (χ1) is 8.42. The van der Waals surface area contributed by atoms with Crippen LogP contribution in [0.2, 0.25) is 0 Å². The Kier molecular flexibility index (Phi) is 3.64. The van der Waals surface area contributed by atoms with Crippen molar-refractivity contribution in [3.8, 4) is 0 Å². The minimum absolute atomic E-state index is 0.106. The van der Waals surface area contributed by atoms with Gasteiger partial charge in [0.15, 0.2) is 0 Å². The van der Waals surface area contributed by atoms with Gasteiger partial charge in [0.1, 0.15) is 0 Å². The normalized spacial score (nSPS) is 33.8. The largest absolute Gasteiger partial charge is 0.481 e. The smallest absolute Gasteiger partial charge is 0.306 e. The fourth-order valence-electron chi connectivity index (χ4n) is 3.05. The lowest BCUT2D eigenvalue weighted by molar-refractivity contribution is -0.145. The summed E-state index contributed by atoms with van der Waals surface area (Å²) < 4.78 is 0. The van der Waals surface area contributed by atoms with Crippen molar-refractivity contribution in [2.75, 3.05) is 6.54 Å². The van der Waals surface area contributed by atoms with Crippen molar-refractivity contribution in [3.63, 3.8) is 0 Å². The second-order valence-electron chi connectivity index (χ2n) is 6.48. The highest BCUT2D eigenvalue weighted by Crippen LogP contribution is 2.51. The summed E-state index contributed by atoms with van der Waals surface area (Å²) in [4.78, 5) is 23.0. The van der Waals surface area contributed by atoms with E-state index in [0.717, 1.165) is 32.1 Å². The fraction of sp³-hybridized carbons (Fsp3) is 0.857. The van der Waals surface area contributed by atoms with E-state index in [4.69, 9.17) is 5.11 Å². The molecule has 18 heavy (non-hydrogen) atoms. The predicted octanol–water partition coefficient (Wildman–Crippen LogP) is 2.04. The van der Waals surface area contributed by atoms with Gasteiger partial charge in [0.2, 0.25) is 5.91 Å². The molecular weight excluding hydrogens is 230 g/mol. The topological polar surface area (TPSA) is 66.4 Å². The summed E-state index contributed by atoms with van der Waals surface area (Å²) in [5.41, 5.74) is 0.142. The van der Waals surface area contributed by atoms with Gasteiger partial charge in [-0.15, -0.1) is 0 Å². The molecule has 3 unspecified atom stereocenters. The molecule has 0 aromatic heterocycles. The Bertz CT molecular complexity index is 351. The van der Waals surface area contributed by atoms with Gasteiger partial charge in [0.25, 0.3) is 0 Å². The highest BCUT2D eigenvalue weighted by atomic mass is 16.4. The number of amides is 1. The number of hydrogen-bond donors (Lipinski definition) is 2. The SMILES string of the molecule is CC1(C)CC1C(=O)NCC1CCCCC1C(=O)O. The molecule has 0 aliphatic heterocycles. The first kappa shape index (κ1) is 13.4. The van der Waals surface area contributed by atoms with Gasteiger partial charge >= 0.3 is 5.97 Å². The van der Waals surface area contributed by atoms with Crippen molar-refractivity contribution < 1.29 is 14.7 Å². The van der Waals surface area contributed by atoms with Crippen LogP contribution in [0.25, 0.3) is 0 Å². The van der Waals surface area contributed by atoms with Crippen molar-refractivity contribution in [2.45, 2.75) is 46.0 Å². The number of carboxylic acid groups (broad SMARTS) is 1. The lowest BCUT2D eigenvalue weighted by Crippen LogP contribution is -2.38. The molecule has 0 saturated heterocycles. The molecule has 2 aliphatic rings. The number of hydrogen-bond acceptors (Lipinski definition) is 2. The molecule has 2 fully saturated rings. The molecule has 102 valence electrons. The maximum Gasteiger partial charge on any atom is 0.306 e. The van der Waals surface area contributed by atoms with Crippen molar-refractivity contribution in [1.29, 1.82) is 0 Å². The van der Waals surface area contributed by atoms with Gasteiger partial charge in [0.05, 0.1) is 5.92 Å². The minimum atomic E-state index is -0.708. The summed E-state index contributed by atoms with van der Waals surface area (Å²) in [5, 5.41) is 12.1. The van der Waals surface area contributed by atoms with Crippen LogP contribution in [0, 0.1) is 23.2 Å². The van der Waals surface area contributed by atoms with Crippen LogP contribution in [0.3, 0.4) is 0 Å². The average Bonchev–Trinajstić information content (AvgIpc) is 2.96. The van der Waals surface area contributed by atoms with Crippen LogP contribution in [0.5, 0.6) is 0 Å². The number of carboxylic acids is 1. The Morgan fingerprint density at radius 1 is 1.28 bits per heavy atom. The zero-order valence-electron chi connectivity index (χ0n) is 11.2. The van der Waals surface area contributed by atoms with E-state index in [0.29, 0.717) is 6.54 Å². The van der Waals surface area contributed by atoms with Crippen molar-refractivity contribution >= 4 is 11.9 Å². The van der Waals surface area contributed by atoms with Gasteiger partial charge in [-0.05, 0) is 30.6 Å². The Labute approximate surface area is 108 Å². The highest BCUT2D eigenvalue weighted by molar-refractivity contribution is 5.82. The number of carbonyl (C=O) groups excluding carboxylic acids is 1. The molecule has 0 aromatic carbocycles. The highest BCUT2D eigenvalue weighted by Gasteiger charge is 2.50. The van der Waals surface area contributed by atoms with E-state index in [1.807, 2.05) is 0 Å². The summed E-state index contributed by atoms with van der Waals surface area (Å²) in [6.07, 6.45) is 4.71. The van der Waals surface area contributed by atoms with Gasteiger partial charge < -0.3 is 10.4 Å². The van der Waals surface area contributed by atoms with Crippen LogP contribution in [-0.4, -0.2) is 23.5 Å². The lowest BCUT2D eigenvalue weighted by Gasteiger charge is -2.28. The maximum absolute atomic E-state index is 11.9. The van der Waals surface area contributed by atoms with Gasteiger partial charge in [-0.2, -0.15) is 0 Å². The molecule has 3 atom stereocenters. The lowest BCUT2D eigenvalue weighted by atomic mass is 9.79. The van der Waals surface area contributed by atoms with E-state index in [-0.39, 0.29) is 29.1 Å². The Morgan fingerprint density at radius 3 is 2.44 bits per heavy atom. The molecule has 2 rings (SSSR count). The molecular formula is C14H23NO3. The van der Waals surface area contributed by atoms with Gasteiger partial charge in [-0.25, -0.2) is 0 Å². The van der Waals surface area contributed by atoms with Crippen LogP contribution in [0.1, 0.15) is 46.0 Å². The van der Waals surface area contributed by atoms with Crippen LogP contribution in [0.15, 0.2) is 0 Å². The van der Waals surface area contributed by atoms with Crippen LogP contribution >= 0.6 is 0 Å². The van der Waals surface area contributed by atoms with Gasteiger partial charge in [-0.1, -0.05) is 26.7 Å². The molecule has 0 spiro atoms. The van der Waals surface area contributed by atoms with Crippen LogP contribution in [-0.2, 0) is 9.59 Å². The van der Waals surface area contributed by atoms with E-state index in [1.165, 1.54) is 0 Å². The molecule has 0 radical (unpaired) electrons. The standard InChI is InChI=1S/C14H23NO3/c1-14(2)7-11(14)12(16)15-8-9-5-3-4-6-10(9)13(17)18/h9-11H,3-8H2,1-2H3,(H,15,16)(H,17,18). The third kappa shape index (κ3) is 2.85. The molecule has 2 saturated carbocycles. The molecule has 1 amide bonds. The van der Waals surface area contributed by atoms with E-state index >= 15 is 0 Å². The molecule has 0 heterocycles. The molecule has 2 aliphatic carbocycles. The Balaban J connectivity index is 1.81. The van der Waals surface area contributed by atoms with E-state index in [2.05, 4.69) is 19.2 Å². The second kappa shape index (κ2) is 4.90. The molecule has 4 heteroatoms. The molecule has 2 N–H and O–H groups in total. The monoisotopic (exact) mass is 253 g/mol. The van der Waals surface area contributed by atoms with E-state index in [1.54, 1.807) is 0 Å². The van der Waals surface area contributed by atoms with Crippen molar-refractivity contribution in [3.05, 3.63) is 0 Å². The zero-order valence-corrected chi connectivity index (χ0v) is 11.2. The number of nitrogens with one attached hydrogen (secondary N) is 1. The number of carbonyl (C=O) groups is 2. The Morgan fingerprint density at radius 2 is 1.89 bits per heavy atom. The summed E-state index contributed by atoms with van der Waals surface area (Å²) in [6, 6.07) is 0. The summed E-state index contributed by atoms with van der Waals surface area (Å²) in [5.74, 6) is -0.631. The third-order valence-electron chi connectivity index (χ3n) is 4.59. The van der Waals surface area contributed by atoms with Crippen LogP contribution in [0.4, 0.5) is 0 Å². The third-order valence-corrected chi connectivity index (χ3v) is 4.59. The maximum atomic E-state index is 11.9. The average molecular weight is 253 g/mol. The predicted molar refractivity (Wildman–Crippen MR) is 68.0 cm³/mol. The van der Waals surface area contributed by atoms with Gasteiger partial charge in [-0.3, -0.25) is 9.59 Å². The van der Waals surface area contributed by atoms with Crippen LogP contribution < -0.4 is 5.32 Å². The van der Waals surface area contributed by atoms with E-state index < -0.39 is 5.97 Å². The van der Waals surface area contributed by atoms with Crippen molar-refractivity contribution in [2.24, 2.45) is 23.2 Å². The first-order valence-electron chi connectivity index (χ1n) is 6.92. The van der Waals surface area contributed by atoms with Gasteiger partial charge in [0, 0.05) is 12.5 Å². The van der Waals surface area contributed by atoms with Crippen molar-refractivity contribution in [1.82, 2.24) is 5.32 Å². The molecule has 4 nitrogen and oxygen atoms in total. The fourth-order valence-corrected chi connectivity index (χ4v) is 3.05. The first-order valence-corrected chi connectivity index (χ1v) is 6.92.